The molecule has 0 aliphatic carbocycles. The third-order valence-corrected chi connectivity index (χ3v) is 1.96. The lowest BCUT2D eigenvalue weighted by atomic mass is 9.89. The van der Waals surface area contributed by atoms with Gasteiger partial charge in [0.05, 0.1) is 5.60 Å². The normalized spacial score (nSPS) is 11.5. The van der Waals surface area contributed by atoms with E-state index in [1.807, 2.05) is 6.08 Å². The minimum absolute atomic E-state index is 0.467. The van der Waals surface area contributed by atoms with Crippen molar-refractivity contribution in [3.05, 3.63) is 12.7 Å². The summed E-state index contributed by atoms with van der Waals surface area (Å²) >= 11 is 0. The van der Waals surface area contributed by atoms with E-state index in [2.05, 4.69) is 20.4 Å². The van der Waals surface area contributed by atoms with Gasteiger partial charge >= 0.3 is 0 Å². The van der Waals surface area contributed by atoms with E-state index in [4.69, 9.17) is 0 Å². The van der Waals surface area contributed by atoms with Gasteiger partial charge in [-0.05, 0) is 19.3 Å². The van der Waals surface area contributed by atoms with Crippen molar-refractivity contribution in [1.29, 1.82) is 0 Å². The summed E-state index contributed by atoms with van der Waals surface area (Å²) in [6.07, 6.45) is 6.42. The van der Waals surface area contributed by atoms with Crippen LogP contribution < -0.4 is 0 Å². The van der Waals surface area contributed by atoms with Gasteiger partial charge in [-0.25, -0.2) is 0 Å². The first-order valence-corrected chi connectivity index (χ1v) is 4.51. The average molecular weight is 156 g/mol. The molecule has 0 saturated carbocycles. The zero-order chi connectivity index (χ0) is 8.74. The van der Waals surface area contributed by atoms with Crippen molar-refractivity contribution in [2.24, 2.45) is 0 Å². The highest BCUT2D eigenvalue weighted by atomic mass is 16.3. The minimum atomic E-state index is -0.467. The van der Waals surface area contributed by atoms with E-state index in [1.54, 1.807) is 0 Å². The van der Waals surface area contributed by atoms with Gasteiger partial charge in [-0.3, -0.25) is 0 Å². The Morgan fingerprint density at radius 1 is 1.27 bits per heavy atom. The van der Waals surface area contributed by atoms with Crippen LogP contribution in [-0.4, -0.2) is 10.7 Å². The van der Waals surface area contributed by atoms with Gasteiger partial charge in [0.1, 0.15) is 0 Å². The van der Waals surface area contributed by atoms with Crippen LogP contribution in [0.15, 0.2) is 12.7 Å². The van der Waals surface area contributed by atoms with Crippen molar-refractivity contribution in [1.82, 2.24) is 0 Å². The van der Waals surface area contributed by atoms with Crippen LogP contribution in [-0.2, 0) is 0 Å². The largest absolute Gasteiger partial charge is 0.390 e. The first-order chi connectivity index (χ1) is 5.18. The fraction of sp³-hybridized carbons (Fsp3) is 0.800. The molecule has 1 heteroatoms. The highest BCUT2D eigenvalue weighted by Crippen LogP contribution is 2.23. The van der Waals surface area contributed by atoms with E-state index in [9.17, 15) is 5.11 Å². The quantitative estimate of drug-likeness (QED) is 0.586. The topological polar surface area (TPSA) is 20.2 Å². The first-order valence-electron chi connectivity index (χ1n) is 4.51. The Morgan fingerprint density at radius 2 is 1.73 bits per heavy atom. The Hall–Kier alpha value is -0.300. The molecule has 0 heterocycles. The van der Waals surface area contributed by atoms with Crippen molar-refractivity contribution in [2.45, 2.75) is 51.6 Å². The Kier molecular flexibility index (Phi) is 5.22. The molecular weight excluding hydrogens is 136 g/mol. The molecule has 11 heavy (non-hydrogen) atoms. The van der Waals surface area contributed by atoms with Crippen molar-refractivity contribution in [3.8, 4) is 0 Å². The lowest BCUT2D eigenvalue weighted by Gasteiger charge is -2.25. The molecule has 0 radical (unpaired) electrons. The van der Waals surface area contributed by atoms with Gasteiger partial charge in [-0.15, -0.1) is 6.58 Å². The van der Waals surface area contributed by atoms with Gasteiger partial charge < -0.3 is 5.11 Å². The molecule has 0 amide bonds. The molecule has 0 atom stereocenters. The Bertz CT molecular complexity index is 101. The Labute approximate surface area is 70.1 Å². The van der Waals surface area contributed by atoms with Crippen LogP contribution in [0.5, 0.6) is 0 Å². The van der Waals surface area contributed by atoms with Crippen LogP contribution in [0.25, 0.3) is 0 Å². The summed E-state index contributed by atoms with van der Waals surface area (Å²) in [5.74, 6) is 0. The molecule has 1 nitrogen and oxygen atoms in total. The molecule has 66 valence electrons. The average Bonchev–Trinajstić information content (AvgIpc) is 1.88. The predicted octanol–water partition coefficient (Wildman–Crippen LogP) is 2.89. The molecule has 0 aliphatic heterocycles. The zero-order valence-electron chi connectivity index (χ0n) is 7.77. The minimum Gasteiger partial charge on any atom is -0.390 e. The molecule has 0 saturated heterocycles. The summed E-state index contributed by atoms with van der Waals surface area (Å²) in [6.45, 7) is 7.85. The van der Waals surface area contributed by atoms with Crippen LogP contribution in [0.2, 0.25) is 0 Å². The molecule has 0 aromatic carbocycles. The van der Waals surface area contributed by atoms with E-state index >= 15 is 0 Å². The molecule has 1 N–H and O–H groups in total. The molecule has 0 aromatic heterocycles. The van der Waals surface area contributed by atoms with E-state index in [0.717, 1.165) is 32.1 Å². The van der Waals surface area contributed by atoms with Gasteiger partial charge in [-0.1, -0.05) is 32.8 Å². The Balaban J connectivity index is 3.88. The summed E-state index contributed by atoms with van der Waals surface area (Å²) < 4.78 is 0. The van der Waals surface area contributed by atoms with E-state index in [1.165, 1.54) is 0 Å². The molecule has 0 unspecified atom stereocenters. The van der Waals surface area contributed by atoms with Crippen molar-refractivity contribution in [3.63, 3.8) is 0 Å². The molecule has 0 bridgehead atoms. The molecule has 0 aliphatic rings. The lowest BCUT2D eigenvalue weighted by molar-refractivity contribution is 0.0243. The van der Waals surface area contributed by atoms with Crippen LogP contribution in [0, 0.1) is 0 Å². The van der Waals surface area contributed by atoms with E-state index in [0.29, 0.717) is 0 Å². The van der Waals surface area contributed by atoms with Crippen LogP contribution in [0.3, 0.4) is 0 Å². The van der Waals surface area contributed by atoms with Crippen molar-refractivity contribution in [2.75, 3.05) is 0 Å². The van der Waals surface area contributed by atoms with Gasteiger partial charge in [0.25, 0.3) is 0 Å². The number of rotatable bonds is 6. The third kappa shape index (κ3) is 4.20. The predicted molar refractivity (Wildman–Crippen MR) is 49.6 cm³/mol. The number of aliphatic hydroxyl groups is 1. The summed E-state index contributed by atoms with van der Waals surface area (Å²) in [5.41, 5.74) is -0.467. The fourth-order valence-electron chi connectivity index (χ4n) is 1.53. The monoisotopic (exact) mass is 156 g/mol. The maximum Gasteiger partial charge on any atom is 0.0681 e. The molecule has 0 fully saturated rings. The van der Waals surface area contributed by atoms with Gasteiger partial charge in [0.2, 0.25) is 0 Å². The second-order valence-electron chi connectivity index (χ2n) is 3.22. The molecular formula is C10H20O. The van der Waals surface area contributed by atoms with E-state index in [-0.39, 0.29) is 0 Å². The summed E-state index contributed by atoms with van der Waals surface area (Å²) in [4.78, 5) is 0. The second-order valence-corrected chi connectivity index (χ2v) is 3.22. The number of hydrogen-bond acceptors (Lipinski definition) is 1. The maximum atomic E-state index is 9.94. The standard InChI is InChI=1S/C10H20O/c1-4-7-10(11,8-5-2)9-6-3/h4,11H,1,5-9H2,2-3H3. The Morgan fingerprint density at radius 3 is 2.00 bits per heavy atom. The second kappa shape index (κ2) is 5.36. The SMILES string of the molecule is C=CCC(O)(CCC)CCC. The van der Waals surface area contributed by atoms with Crippen molar-refractivity contribution < 1.29 is 5.11 Å². The molecule has 0 spiro atoms. The highest BCUT2D eigenvalue weighted by Gasteiger charge is 2.22. The van der Waals surface area contributed by atoms with E-state index < -0.39 is 5.60 Å². The van der Waals surface area contributed by atoms with Gasteiger partial charge in [0, 0.05) is 0 Å². The summed E-state index contributed by atoms with van der Waals surface area (Å²) in [6, 6.07) is 0. The highest BCUT2D eigenvalue weighted by molar-refractivity contribution is 4.85. The molecule has 0 rings (SSSR count). The fourth-order valence-corrected chi connectivity index (χ4v) is 1.53. The summed E-state index contributed by atoms with van der Waals surface area (Å²) in [5, 5.41) is 9.94. The lowest BCUT2D eigenvalue weighted by Crippen LogP contribution is -2.27. The maximum absolute atomic E-state index is 9.94. The number of hydrogen-bond donors (Lipinski definition) is 1. The smallest absolute Gasteiger partial charge is 0.0681 e. The van der Waals surface area contributed by atoms with Crippen molar-refractivity contribution >= 4 is 0 Å². The third-order valence-electron chi connectivity index (χ3n) is 1.96. The first kappa shape index (κ1) is 10.7. The zero-order valence-corrected chi connectivity index (χ0v) is 7.77. The van der Waals surface area contributed by atoms with Gasteiger partial charge in [0.15, 0.2) is 0 Å². The summed E-state index contributed by atoms with van der Waals surface area (Å²) in [7, 11) is 0. The van der Waals surface area contributed by atoms with Crippen LogP contribution >= 0.6 is 0 Å². The van der Waals surface area contributed by atoms with Crippen LogP contribution in [0.4, 0.5) is 0 Å². The molecule has 0 aromatic rings. The van der Waals surface area contributed by atoms with Gasteiger partial charge in [-0.2, -0.15) is 0 Å². The van der Waals surface area contributed by atoms with Crippen LogP contribution in [0.1, 0.15) is 46.0 Å².